The molecule has 33 heavy (non-hydrogen) atoms. The normalized spacial score (nSPS) is 16.2. The molecule has 180 valence electrons. The summed E-state index contributed by atoms with van der Waals surface area (Å²) >= 11 is 0. The Morgan fingerprint density at radius 1 is 1.39 bits per heavy atom. The third-order valence-electron chi connectivity index (χ3n) is 4.80. The second kappa shape index (κ2) is 10.1. The van der Waals surface area contributed by atoms with Gasteiger partial charge in [0.05, 0.1) is 23.8 Å². The maximum atomic E-state index is 13.3. The van der Waals surface area contributed by atoms with Crippen molar-refractivity contribution < 1.29 is 22.8 Å². The zero-order valence-electron chi connectivity index (χ0n) is 18.8. The third kappa shape index (κ3) is 6.16. The lowest BCUT2D eigenvalue weighted by atomic mass is 10.0. The lowest BCUT2D eigenvalue weighted by Crippen LogP contribution is -2.40. The molecule has 8 nitrogen and oxygen atoms in total. The molecule has 3 amide bonds. The first-order valence-electron chi connectivity index (χ1n) is 9.73. The number of anilines is 1. The van der Waals surface area contributed by atoms with Crippen LogP contribution in [-0.2, 0) is 11.0 Å². The first kappa shape index (κ1) is 27.8. The van der Waals surface area contributed by atoms with Crippen LogP contribution >= 0.6 is 12.4 Å². The molecule has 0 atom stereocenters. The number of carbonyl (C=O) groups excluding carboxylic acids is 2. The summed E-state index contributed by atoms with van der Waals surface area (Å²) in [6.07, 6.45) is -3.68. The van der Waals surface area contributed by atoms with Crippen molar-refractivity contribution in [1.82, 2.24) is 10.2 Å². The van der Waals surface area contributed by atoms with Crippen LogP contribution in [0.5, 0.6) is 0 Å². The van der Waals surface area contributed by atoms with Crippen LogP contribution in [0.1, 0.15) is 38.8 Å². The molecular formula is C21H26ClF3N6O2. The standard InChI is InChI=1S/C21H25F3N6O2.ClH/c1-12(2)30(16-8-6-7-15(13(16)3)21(22,23)24)17(31)14(9-25)10-27-18(26)29-11-20(4,5)28-19(29)32;/h6-8,10,12H,11H2,1-5H3,(H2,26,27)(H,28,32);1H. The van der Waals surface area contributed by atoms with Crippen LogP contribution in [0, 0.1) is 18.3 Å². The molecule has 1 aliphatic heterocycles. The number of nitriles is 1. The van der Waals surface area contributed by atoms with E-state index in [4.69, 9.17) is 5.73 Å². The van der Waals surface area contributed by atoms with Crippen molar-refractivity contribution in [3.05, 3.63) is 41.1 Å². The Morgan fingerprint density at radius 2 is 2.00 bits per heavy atom. The van der Waals surface area contributed by atoms with E-state index >= 15 is 0 Å². The number of nitrogens with two attached hydrogens (primary N) is 1. The summed E-state index contributed by atoms with van der Waals surface area (Å²) in [5.41, 5.74) is 3.87. The zero-order valence-corrected chi connectivity index (χ0v) is 19.6. The number of hydrogen-bond acceptors (Lipinski definition) is 4. The molecule has 12 heteroatoms. The lowest BCUT2D eigenvalue weighted by molar-refractivity contribution is -0.138. The number of nitrogens with zero attached hydrogens (tertiary/aromatic N) is 4. The summed E-state index contributed by atoms with van der Waals surface area (Å²) in [5.74, 6) is -1.06. The Morgan fingerprint density at radius 3 is 2.45 bits per heavy atom. The molecule has 3 N–H and O–H groups in total. The topological polar surface area (TPSA) is 115 Å². The van der Waals surface area contributed by atoms with Crippen molar-refractivity contribution in [3.63, 3.8) is 0 Å². The molecule has 0 aromatic heterocycles. The van der Waals surface area contributed by atoms with Gasteiger partial charge in [-0.3, -0.25) is 9.69 Å². The minimum atomic E-state index is -4.59. The van der Waals surface area contributed by atoms with Gasteiger partial charge in [0.1, 0.15) is 11.6 Å². The van der Waals surface area contributed by atoms with Crippen LogP contribution < -0.4 is 16.0 Å². The van der Waals surface area contributed by atoms with E-state index in [1.807, 2.05) is 0 Å². The van der Waals surface area contributed by atoms with E-state index in [0.717, 1.165) is 22.1 Å². The molecule has 1 aromatic carbocycles. The van der Waals surface area contributed by atoms with E-state index in [9.17, 15) is 28.0 Å². The maximum Gasteiger partial charge on any atom is 0.416 e. The van der Waals surface area contributed by atoms with Gasteiger partial charge in [0.2, 0.25) is 5.96 Å². The van der Waals surface area contributed by atoms with Crippen molar-refractivity contribution in [3.8, 4) is 6.07 Å². The van der Waals surface area contributed by atoms with Crippen LogP contribution in [0.3, 0.4) is 0 Å². The van der Waals surface area contributed by atoms with E-state index in [2.05, 4.69) is 10.3 Å². The number of aliphatic imine (C=N–C) groups is 1. The zero-order chi connectivity index (χ0) is 24.4. The highest BCUT2D eigenvalue weighted by Crippen LogP contribution is 2.36. The summed E-state index contributed by atoms with van der Waals surface area (Å²) < 4.78 is 40.0. The molecule has 0 bridgehead atoms. The Hall–Kier alpha value is -3.26. The molecule has 0 radical (unpaired) electrons. The van der Waals surface area contributed by atoms with Crippen LogP contribution in [-0.4, -0.2) is 40.9 Å². The molecule has 1 fully saturated rings. The molecular weight excluding hydrogens is 461 g/mol. The number of amides is 3. The van der Waals surface area contributed by atoms with Gasteiger partial charge in [-0.05, 0) is 52.3 Å². The van der Waals surface area contributed by atoms with E-state index < -0.39 is 40.8 Å². The van der Waals surface area contributed by atoms with Gasteiger partial charge in [-0.1, -0.05) is 6.07 Å². The van der Waals surface area contributed by atoms with Crippen LogP contribution in [0.15, 0.2) is 35.0 Å². The van der Waals surface area contributed by atoms with Gasteiger partial charge in [-0.25, -0.2) is 9.79 Å². The predicted molar refractivity (Wildman–Crippen MR) is 121 cm³/mol. The SMILES string of the molecule is Cc1c(N(C(=O)C(C#N)=CN=C(N)N2CC(C)(C)NC2=O)C(C)C)cccc1C(F)(F)F.Cl. The Kier molecular flexibility index (Phi) is 8.52. The van der Waals surface area contributed by atoms with Crippen molar-refractivity contribution in [1.29, 1.82) is 5.26 Å². The molecule has 0 saturated carbocycles. The number of benzene rings is 1. The highest BCUT2D eigenvalue weighted by molar-refractivity contribution is 6.09. The summed E-state index contributed by atoms with van der Waals surface area (Å²) in [5, 5.41) is 12.2. The minimum absolute atomic E-state index is 0. The summed E-state index contributed by atoms with van der Waals surface area (Å²) in [4.78, 5) is 31.2. The lowest BCUT2D eigenvalue weighted by Gasteiger charge is -2.29. The van der Waals surface area contributed by atoms with Crippen molar-refractivity contribution in [2.45, 2.75) is 52.4 Å². The highest BCUT2D eigenvalue weighted by atomic mass is 35.5. The molecule has 1 heterocycles. The Labute approximate surface area is 196 Å². The summed E-state index contributed by atoms with van der Waals surface area (Å²) in [6.45, 7) is 8.29. The maximum absolute atomic E-state index is 13.3. The van der Waals surface area contributed by atoms with Crippen LogP contribution in [0.2, 0.25) is 0 Å². The van der Waals surface area contributed by atoms with Crippen molar-refractivity contribution >= 4 is 36.0 Å². The average Bonchev–Trinajstić information content (AvgIpc) is 2.94. The van der Waals surface area contributed by atoms with Crippen LogP contribution in [0.4, 0.5) is 23.7 Å². The monoisotopic (exact) mass is 486 g/mol. The molecule has 1 aliphatic rings. The quantitative estimate of drug-likeness (QED) is 0.292. The number of alkyl halides is 3. The van der Waals surface area contributed by atoms with Gasteiger partial charge in [0.25, 0.3) is 5.91 Å². The van der Waals surface area contributed by atoms with E-state index in [0.29, 0.717) is 0 Å². The summed E-state index contributed by atoms with van der Waals surface area (Å²) in [7, 11) is 0. The van der Waals surface area contributed by atoms with Gasteiger partial charge < -0.3 is 16.0 Å². The highest BCUT2D eigenvalue weighted by Gasteiger charge is 2.37. The smallest absolute Gasteiger partial charge is 0.369 e. The van der Waals surface area contributed by atoms with E-state index in [1.165, 1.54) is 19.1 Å². The Bertz CT molecular complexity index is 1030. The average molecular weight is 487 g/mol. The van der Waals surface area contributed by atoms with Gasteiger partial charge in [-0.2, -0.15) is 18.4 Å². The second-order valence-electron chi connectivity index (χ2n) is 8.26. The fraction of sp³-hybridized carbons (Fsp3) is 0.429. The van der Waals surface area contributed by atoms with E-state index in [-0.39, 0.29) is 36.2 Å². The second-order valence-corrected chi connectivity index (χ2v) is 8.26. The molecule has 0 unspecified atom stereocenters. The predicted octanol–water partition coefficient (Wildman–Crippen LogP) is 3.70. The minimum Gasteiger partial charge on any atom is -0.369 e. The summed E-state index contributed by atoms with van der Waals surface area (Å²) in [6, 6.07) is 4.18. The van der Waals surface area contributed by atoms with Gasteiger partial charge in [-0.15, -0.1) is 12.4 Å². The first-order valence-corrected chi connectivity index (χ1v) is 9.73. The van der Waals surface area contributed by atoms with Gasteiger partial charge >= 0.3 is 12.2 Å². The number of hydrogen-bond donors (Lipinski definition) is 2. The number of carbonyl (C=O) groups is 2. The molecule has 2 rings (SSSR count). The number of guanidine groups is 1. The number of halogens is 4. The van der Waals surface area contributed by atoms with E-state index in [1.54, 1.807) is 33.8 Å². The van der Waals surface area contributed by atoms with Crippen molar-refractivity contribution in [2.24, 2.45) is 10.7 Å². The molecule has 1 aromatic rings. The number of urea groups is 1. The van der Waals surface area contributed by atoms with Crippen LogP contribution in [0.25, 0.3) is 0 Å². The number of rotatable bonds is 4. The Balaban J connectivity index is 0.00000544. The fourth-order valence-corrected chi connectivity index (χ4v) is 3.32. The third-order valence-corrected chi connectivity index (χ3v) is 4.80. The van der Waals surface area contributed by atoms with Crippen molar-refractivity contribution in [2.75, 3.05) is 11.4 Å². The largest absolute Gasteiger partial charge is 0.416 e. The van der Waals surface area contributed by atoms with Gasteiger partial charge in [0, 0.05) is 11.7 Å². The molecule has 0 aliphatic carbocycles. The number of nitrogens with one attached hydrogen (secondary N) is 1. The molecule has 1 saturated heterocycles. The first-order chi connectivity index (χ1) is 14.7. The van der Waals surface area contributed by atoms with Gasteiger partial charge in [0.15, 0.2) is 0 Å². The fourth-order valence-electron chi connectivity index (χ4n) is 3.32. The molecule has 0 spiro atoms.